The van der Waals surface area contributed by atoms with Crippen LogP contribution < -0.4 is 16.0 Å². The van der Waals surface area contributed by atoms with Gasteiger partial charge in [0.1, 0.15) is 6.04 Å². The first-order valence-electron chi connectivity index (χ1n) is 6.80. The Kier molecular flexibility index (Phi) is 6.12. The van der Waals surface area contributed by atoms with Crippen molar-refractivity contribution >= 4 is 11.8 Å². The molecule has 5 heteroatoms. The minimum absolute atomic E-state index is 0.0248. The number of hydrogen-bond acceptors (Lipinski definition) is 3. The molecule has 0 spiro atoms. The zero-order valence-corrected chi connectivity index (χ0v) is 11.6. The molecule has 0 aliphatic heterocycles. The first-order chi connectivity index (χ1) is 8.54. The van der Waals surface area contributed by atoms with Crippen molar-refractivity contribution < 1.29 is 9.59 Å². The molecule has 1 fully saturated rings. The Hall–Kier alpha value is -1.10. The standard InChI is InChI=1S/C13H25N3O2/c1-9(14-3)8-15-12(17)10(2)16-13(18)11-6-4-5-7-11/h9-11,14H,4-8H2,1-3H3,(H,15,17)(H,16,18). The molecule has 2 amide bonds. The fraction of sp³-hybridized carbons (Fsp3) is 0.846. The van der Waals surface area contributed by atoms with Crippen LogP contribution in [0.4, 0.5) is 0 Å². The third kappa shape index (κ3) is 4.64. The number of nitrogens with one attached hydrogen (secondary N) is 3. The lowest BCUT2D eigenvalue weighted by Crippen LogP contribution is -2.48. The van der Waals surface area contributed by atoms with Crippen molar-refractivity contribution in [2.45, 2.75) is 51.6 Å². The molecule has 2 unspecified atom stereocenters. The summed E-state index contributed by atoms with van der Waals surface area (Å²) >= 11 is 0. The minimum Gasteiger partial charge on any atom is -0.353 e. The quantitative estimate of drug-likeness (QED) is 0.643. The van der Waals surface area contributed by atoms with Gasteiger partial charge in [0.25, 0.3) is 0 Å². The lowest BCUT2D eigenvalue weighted by Gasteiger charge is -2.18. The van der Waals surface area contributed by atoms with Gasteiger partial charge in [0, 0.05) is 18.5 Å². The first-order valence-corrected chi connectivity index (χ1v) is 6.80. The lowest BCUT2D eigenvalue weighted by atomic mass is 10.1. The second kappa shape index (κ2) is 7.36. The van der Waals surface area contributed by atoms with E-state index in [4.69, 9.17) is 0 Å². The molecule has 3 N–H and O–H groups in total. The van der Waals surface area contributed by atoms with E-state index in [1.807, 2.05) is 14.0 Å². The van der Waals surface area contributed by atoms with Crippen molar-refractivity contribution in [2.75, 3.05) is 13.6 Å². The van der Waals surface area contributed by atoms with Crippen molar-refractivity contribution in [3.63, 3.8) is 0 Å². The second-order valence-corrected chi connectivity index (χ2v) is 5.15. The number of hydrogen-bond donors (Lipinski definition) is 3. The zero-order chi connectivity index (χ0) is 13.5. The van der Waals surface area contributed by atoms with Gasteiger partial charge in [0.05, 0.1) is 0 Å². The van der Waals surface area contributed by atoms with Crippen molar-refractivity contribution in [1.29, 1.82) is 0 Å². The van der Waals surface area contributed by atoms with Gasteiger partial charge in [-0.1, -0.05) is 12.8 Å². The van der Waals surface area contributed by atoms with E-state index in [1.54, 1.807) is 6.92 Å². The van der Waals surface area contributed by atoms with Crippen LogP contribution in [0, 0.1) is 5.92 Å². The van der Waals surface area contributed by atoms with Gasteiger partial charge in [-0.15, -0.1) is 0 Å². The molecule has 2 atom stereocenters. The average Bonchev–Trinajstić information content (AvgIpc) is 2.89. The highest BCUT2D eigenvalue weighted by Crippen LogP contribution is 2.24. The number of carbonyl (C=O) groups excluding carboxylic acids is 2. The smallest absolute Gasteiger partial charge is 0.242 e. The molecule has 5 nitrogen and oxygen atoms in total. The van der Waals surface area contributed by atoms with Gasteiger partial charge >= 0.3 is 0 Å². The monoisotopic (exact) mass is 255 g/mol. The van der Waals surface area contributed by atoms with Crippen LogP contribution >= 0.6 is 0 Å². The Morgan fingerprint density at radius 1 is 1.22 bits per heavy atom. The van der Waals surface area contributed by atoms with Gasteiger partial charge in [-0.25, -0.2) is 0 Å². The van der Waals surface area contributed by atoms with Gasteiger partial charge in [0.2, 0.25) is 11.8 Å². The summed E-state index contributed by atoms with van der Waals surface area (Å²) in [6, 6.07) is -0.228. The molecule has 0 aromatic rings. The maximum Gasteiger partial charge on any atom is 0.242 e. The van der Waals surface area contributed by atoms with Crippen molar-refractivity contribution in [3.05, 3.63) is 0 Å². The Morgan fingerprint density at radius 2 is 1.83 bits per heavy atom. The third-order valence-electron chi connectivity index (χ3n) is 3.55. The lowest BCUT2D eigenvalue weighted by molar-refractivity contribution is -0.130. The van der Waals surface area contributed by atoms with Crippen molar-refractivity contribution in [2.24, 2.45) is 5.92 Å². The van der Waals surface area contributed by atoms with E-state index in [1.165, 1.54) is 0 Å². The van der Waals surface area contributed by atoms with Crippen LogP contribution in [-0.2, 0) is 9.59 Å². The summed E-state index contributed by atoms with van der Waals surface area (Å²) in [5.74, 6) is 0.0109. The highest BCUT2D eigenvalue weighted by molar-refractivity contribution is 5.88. The topological polar surface area (TPSA) is 70.2 Å². The highest BCUT2D eigenvalue weighted by Gasteiger charge is 2.25. The van der Waals surface area contributed by atoms with E-state index in [-0.39, 0.29) is 23.8 Å². The van der Waals surface area contributed by atoms with Crippen molar-refractivity contribution in [3.8, 4) is 0 Å². The molecular formula is C13H25N3O2. The van der Waals surface area contributed by atoms with Gasteiger partial charge < -0.3 is 16.0 Å². The maximum absolute atomic E-state index is 11.9. The van der Waals surface area contributed by atoms with E-state index in [0.29, 0.717) is 6.54 Å². The van der Waals surface area contributed by atoms with Crippen LogP contribution in [0.25, 0.3) is 0 Å². The van der Waals surface area contributed by atoms with E-state index >= 15 is 0 Å². The molecular weight excluding hydrogens is 230 g/mol. The van der Waals surface area contributed by atoms with E-state index < -0.39 is 6.04 Å². The van der Waals surface area contributed by atoms with Crippen LogP contribution in [0.2, 0.25) is 0 Å². The highest BCUT2D eigenvalue weighted by atomic mass is 16.2. The van der Waals surface area contributed by atoms with E-state index in [2.05, 4.69) is 16.0 Å². The summed E-state index contributed by atoms with van der Waals surface area (Å²) in [6.45, 7) is 4.28. The van der Waals surface area contributed by atoms with Gasteiger partial charge in [0.15, 0.2) is 0 Å². The molecule has 0 heterocycles. The number of likely N-dealkylation sites (N-methyl/N-ethyl adjacent to an activating group) is 1. The summed E-state index contributed by atoms with van der Waals surface area (Å²) < 4.78 is 0. The maximum atomic E-state index is 11.9. The normalized spacial score (nSPS) is 19.3. The van der Waals surface area contributed by atoms with Crippen LogP contribution in [0.5, 0.6) is 0 Å². The van der Waals surface area contributed by atoms with Crippen LogP contribution in [0.15, 0.2) is 0 Å². The minimum atomic E-state index is -0.456. The predicted octanol–water partition coefficient (Wildman–Crippen LogP) is 0.405. The fourth-order valence-electron chi connectivity index (χ4n) is 2.09. The molecule has 1 aliphatic rings. The van der Waals surface area contributed by atoms with E-state index in [0.717, 1.165) is 25.7 Å². The summed E-state index contributed by atoms with van der Waals surface area (Å²) in [7, 11) is 1.85. The van der Waals surface area contributed by atoms with Gasteiger partial charge in [-0.05, 0) is 33.7 Å². The summed E-state index contributed by atoms with van der Waals surface area (Å²) in [6.07, 6.45) is 4.16. The summed E-state index contributed by atoms with van der Waals surface area (Å²) in [5.41, 5.74) is 0. The van der Waals surface area contributed by atoms with Crippen LogP contribution in [0.1, 0.15) is 39.5 Å². The number of amides is 2. The molecule has 0 saturated heterocycles. The number of carbonyl (C=O) groups is 2. The Balaban J connectivity index is 2.28. The molecule has 104 valence electrons. The molecule has 18 heavy (non-hydrogen) atoms. The molecule has 0 aromatic carbocycles. The zero-order valence-electron chi connectivity index (χ0n) is 11.6. The Labute approximate surface area is 109 Å². The molecule has 1 saturated carbocycles. The molecule has 0 radical (unpaired) electrons. The van der Waals surface area contributed by atoms with Crippen molar-refractivity contribution in [1.82, 2.24) is 16.0 Å². The first kappa shape index (κ1) is 15.0. The predicted molar refractivity (Wildman–Crippen MR) is 71.1 cm³/mol. The largest absolute Gasteiger partial charge is 0.353 e. The molecule has 1 rings (SSSR count). The van der Waals surface area contributed by atoms with Crippen LogP contribution in [-0.4, -0.2) is 37.5 Å². The molecule has 0 aromatic heterocycles. The number of rotatable bonds is 6. The average molecular weight is 255 g/mol. The molecule has 0 bridgehead atoms. The molecule has 1 aliphatic carbocycles. The second-order valence-electron chi connectivity index (χ2n) is 5.15. The fourth-order valence-corrected chi connectivity index (χ4v) is 2.09. The Bertz CT molecular complexity index is 288. The van der Waals surface area contributed by atoms with E-state index in [9.17, 15) is 9.59 Å². The van der Waals surface area contributed by atoms with Gasteiger partial charge in [-0.3, -0.25) is 9.59 Å². The summed E-state index contributed by atoms with van der Waals surface area (Å²) in [4.78, 5) is 23.6. The Morgan fingerprint density at radius 3 is 2.39 bits per heavy atom. The third-order valence-corrected chi connectivity index (χ3v) is 3.55. The van der Waals surface area contributed by atoms with Crippen LogP contribution in [0.3, 0.4) is 0 Å². The SMILES string of the molecule is CNC(C)CNC(=O)C(C)NC(=O)C1CCCC1. The summed E-state index contributed by atoms with van der Waals surface area (Å²) in [5, 5.41) is 8.65. The van der Waals surface area contributed by atoms with Gasteiger partial charge in [-0.2, -0.15) is 0 Å².